The van der Waals surface area contributed by atoms with Crippen LogP contribution in [0.4, 0.5) is 0 Å². The predicted octanol–water partition coefficient (Wildman–Crippen LogP) is 1.72. The number of rotatable bonds is 3. The second-order valence-corrected chi connectivity index (χ2v) is 5.26. The van der Waals surface area contributed by atoms with E-state index in [9.17, 15) is 0 Å². The van der Waals surface area contributed by atoms with Crippen molar-refractivity contribution in [2.75, 3.05) is 26.2 Å². The summed E-state index contributed by atoms with van der Waals surface area (Å²) in [7, 11) is 0. The molecule has 2 aliphatic rings. The molecule has 0 amide bonds. The first-order valence-corrected chi connectivity index (χ1v) is 6.21. The van der Waals surface area contributed by atoms with Gasteiger partial charge in [0.2, 0.25) is 0 Å². The summed E-state index contributed by atoms with van der Waals surface area (Å²) in [5, 5.41) is 3.55. The third-order valence-electron chi connectivity index (χ3n) is 3.77. The highest BCUT2D eigenvalue weighted by molar-refractivity contribution is 4.82. The maximum absolute atomic E-state index is 3.55. The molecule has 2 rings (SSSR count). The van der Waals surface area contributed by atoms with Crippen LogP contribution in [0.15, 0.2) is 0 Å². The van der Waals surface area contributed by atoms with Crippen LogP contribution >= 0.6 is 0 Å². The van der Waals surface area contributed by atoms with Crippen molar-refractivity contribution in [3.05, 3.63) is 0 Å². The Labute approximate surface area is 88.1 Å². The van der Waals surface area contributed by atoms with E-state index >= 15 is 0 Å². The van der Waals surface area contributed by atoms with Gasteiger partial charge in [-0.3, -0.25) is 0 Å². The summed E-state index contributed by atoms with van der Waals surface area (Å²) in [6.45, 7) is 9.79. The van der Waals surface area contributed by atoms with Crippen LogP contribution in [0, 0.1) is 11.8 Å². The highest BCUT2D eigenvalue weighted by Crippen LogP contribution is 2.36. The minimum Gasteiger partial charge on any atom is -0.313 e. The Morgan fingerprint density at radius 1 is 1.29 bits per heavy atom. The first kappa shape index (κ1) is 10.4. The lowest BCUT2D eigenvalue weighted by Gasteiger charge is -2.23. The molecular formula is C12H24N2. The molecule has 0 aromatic heterocycles. The summed E-state index contributed by atoms with van der Waals surface area (Å²) in [6, 6.07) is 0.719. The summed E-state index contributed by atoms with van der Waals surface area (Å²) in [5.41, 5.74) is 0. The molecule has 1 heterocycles. The molecule has 2 fully saturated rings. The van der Waals surface area contributed by atoms with Crippen LogP contribution in [0.2, 0.25) is 0 Å². The molecule has 0 radical (unpaired) electrons. The fourth-order valence-corrected chi connectivity index (χ4v) is 2.46. The number of hydrogen-bond donors (Lipinski definition) is 1. The Bertz CT molecular complexity index is 177. The maximum Gasteiger partial charge on any atom is 0.0107 e. The van der Waals surface area contributed by atoms with Crippen molar-refractivity contribution in [3.8, 4) is 0 Å². The molecule has 2 atom stereocenters. The molecule has 2 nitrogen and oxygen atoms in total. The molecule has 0 aromatic rings. The maximum atomic E-state index is 3.55. The van der Waals surface area contributed by atoms with E-state index in [0.717, 1.165) is 17.9 Å². The summed E-state index contributed by atoms with van der Waals surface area (Å²) < 4.78 is 0. The van der Waals surface area contributed by atoms with Gasteiger partial charge in [0, 0.05) is 25.7 Å². The average molecular weight is 196 g/mol. The van der Waals surface area contributed by atoms with Crippen LogP contribution in [0.3, 0.4) is 0 Å². The summed E-state index contributed by atoms with van der Waals surface area (Å²) >= 11 is 0. The van der Waals surface area contributed by atoms with Crippen LogP contribution in [-0.2, 0) is 0 Å². The average Bonchev–Trinajstić information content (AvgIpc) is 2.94. The van der Waals surface area contributed by atoms with Gasteiger partial charge in [-0.2, -0.15) is 0 Å². The zero-order valence-corrected chi connectivity index (χ0v) is 9.63. The molecule has 1 saturated heterocycles. The Balaban J connectivity index is 1.73. The van der Waals surface area contributed by atoms with Crippen LogP contribution in [0.1, 0.15) is 33.1 Å². The van der Waals surface area contributed by atoms with Crippen molar-refractivity contribution in [3.63, 3.8) is 0 Å². The van der Waals surface area contributed by atoms with Crippen molar-refractivity contribution in [2.45, 2.75) is 39.2 Å². The lowest BCUT2D eigenvalue weighted by atomic mass is 10.1. The normalized spacial score (nSPS) is 32.6. The third kappa shape index (κ3) is 2.96. The Kier molecular flexibility index (Phi) is 3.45. The molecule has 0 spiro atoms. The van der Waals surface area contributed by atoms with Crippen molar-refractivity contribution in [2.24, 2.45) is 11.8 Å². The molecule has 0 aromatic carbocycles. The first-order valence-electron chi connectivity index (χ1n) is 6.21. The molecule has 0 bridgehead atoms. The molecular weight excluding hydrogens is 172 g/mol. The lowest BCUT2D eigenvalue weighted by Crippen LogP contribution is -2.32. The third-order valence-corrected chi connectivity index (χ3v) is 3.77. The topological polar surface area (TPSA) is 15.3 Å². The second kappa shape index (κ2) is 4.63. The summed E-state index contributed by atoms with van der Waals surface area (Å²) in [4.78, 5) is 2.65. The van der Waals surface area contributed by atoms with Gasteiger partial charge in [-0.1, -0.05) is 6.92 Å². The number of hydrogen-bond acceptors (Lipinski definition) is 2. The molecule has 1 aliphatic carbocycles. The highest BCUT2D eigenvalue weighted by atomic mass is 15.2. The molecule has 1 N–H and O–H groups in total. The van der Waals surface area contributed by atoms with Crippen molar-refractivity contribution < 1.29 is 0 Å². The fraction of sp³-hybridized carbons (Fsp3) is 1.00. The first-order chi connectivity index (χ1) is 6.75. The molecule has 2 unspecified atom stereocenters. The lowest BCUT2D eigenvalue weighted by molar-refractivity contribution is 0.238. The van der Waals surface area contributed by atoms with Gasteiger partial charge in [-0.05, 0) is 44.6 Å². The predicted molar refractivity (Wildman–Crippen MR) is 60.4 cm³/mol. The van der Waals surface area contributed by atoms with Crippen molar-refractivity contribution in [1.82, 2.24) is 10.2 Å². The highest BCUT2D eigenvalue weighted by Gasteiger charge is 2.29. The van der Waals surface area contributed by atoms with Gasteiger partial charge >= 0.3 is 0 Å². The van der Waals surface area contributed by atoms with Crippen LogP contribution in [0.25, 0.3) is 0 Å². The molecule has 2 heteroatoms. The van der Waals surface area contributed by atoms with E-state index in [1.54, 1.807) is 0 Å². The summed E-state index contributed by atoms with van der Waals surface area (Å²) in [6.07, 6.45) is 4.30. The van der Waals surface area contributed by atoms with E-state index in [-0.39, 0.29) is 0 Å². The van der Waals surface area contributed by atoms with E-state index in [1.165, 1.54) is 45.4 Å². The number of nitrogens with zero attached hydrogens (tertiary/aromatic N) is 1. The van der Waals surface area contributed by atoms with Gasteiger partial charge < -0.3 is 10.2 Å². The second-order valence-electron chi connectivity index (χ2n) is 5.26. The Morgan fingerprint density at radius 2 is 2.07 bits per heavy atom. The molecule has 1 saturated carbocycles. The SMILES string of the molecule is CC1CCN(CC(C)C2CC2)CCN1. The van der Waals surface area contributed by atoms with E-state index < -0.39 is 0 Å². The monoisotopic (exact) mass is 196 g/mol. The van der Waals surface area contributed by atoms with Gasteiger partial charge in [0.25, 0.3) is 0 Å². The Hall–Kier alpha value is -0.0800. The largest absolute Gasteiger partial charge is 0.313 e. The van der Waals surface area contributed by atoms with E-state index in [4.69, 9.17) is 0 Å². The van der Waals surface area contributed by atoms with Gasteiger partial charge in [-0.15, -0.1) is 0 Å². The van der Waals surface area contributed by atoms with Gasteiger partial charge in [0.1, 0.15) is 0 Å². The quantitative estimate of drug-likeness (QED) is 0.739. The van der Waals surface area contributed by atoms with Crippen LogP contribution in [0.5, 0.6) is 0 Å². The molecule has 1 aliphatic heterocycles. The van der Waals surface area contributed by atoms with Gasteiger partial charge in [-0.25, -0.2) is 0 Å². The van der Waals surface area contributed by atoms with Gasteiger partial charge in [0.05, 0.1) is 0 Å². The number of nitrogens with one attached hydrogen (secondary N) is 1. The van der Waals surface area contributed by atoms with Crippen molar-refractivity contribution in [1.29, 1.82) is 0 Å². The summed E-state index contributed by atoms with van der Waals surface area (Å²) in [5.74, 6) is 1.99. The Morgan fingerprint density at radius 3 is 2.79 bits per heavy atom. The van der Waals surface area contributed by atoms with Crippen molar-refractivity contribution >= 4 is 0 Å². The zero-order valence-electron chi connectivity index (χ0n) is 9.63. The molecule has 14 heavy (non-hydrogen) atoms. The van der Waals surface area contributed by atoms with E-state index in [2.05, 4.69) is 24.1 Å². The fourth-order valence-electron chi connectivity index (χ4n) is 2.46. The molecule has 82 valence electrons. The smallest absolute Gasteiger partial charge is 0.0107 e. The van der Waals surface area contributed by atoms with E-state index in [1.807, 2.05) is 0 Å². The standard InChI is InChI=1S/C12H24N2/c1-10(12-3-4-12)9-14-7-5-11(2)13-6-8-14/h10-13H,3-9H2,1-2H3. The van der Waals surface area contributed by atoms with Crippen LogP contribution in [-0.4, -0.2) is 37.1 Å². The minimum atomic E-state index is 0.719. The van der Waals surface area contributed by atoms with Gasteiger partial charge in [0.15, 0.2) is 0 Å². The zero-order chi connectivity index (χ0) is 9.97. The minimum absolute atomic E-state index is 0.719. The van der Waals surface area contributed by atoms with E-state index in [0.29, 0.717) is 0 Å². The van der Waals surface area contributed by atoms with Crippen LogP contribution < -0.4 is 5.32 Å².